The first kappa shape index (κ1) is 14.3. The molecule has 0 saturated heterocycles. The monoisotopic (exact) mass is 314 g/mol. The Morgan fingerprint density at radius 2 is 2.24 bits per heavy atom. The van der Waals surface area contributed by atoms with Gasteiger partial charge in [-0.2, -0.15) is 5.26 Å². The third-order valence-corrected chi connectivity index (χ3v) is 3.40. The van der Waals surface area contributed by atoms with Gasteiger partial charge in [-0.15, -0.1) is 11.6 Å². The number of hydrogen-bond donors (Lipinski definition) is 0. The molecule has 92 valence electrons. The van der Waals surface area contributed by atoms with Gasteiger partial charge in [0, 0.05) is 29.1 Å². The van der Waals surface area contributed by atoms with Crippen LogP contribution in [0.5, 0.6) is 0 Å². The van der Waals surface area contributed by atoms with Gasteiger partial charge < -0.3 is 4.90 Å². The molecule has 0 saturated carbocycles. The zero-order chi connectivity index (χ0) is 12.8. The van der Waals surface area contributed by atoms with Crippen LogP contribution < -0.4 is 4.90 Å². The summed E-state index contributed by atoms with van der Waals surface area (Å²) < 4.78 is 1.03. The zero-order valence-electron chi connectivity index (χ0n) is 10.1. The normalized spacial score (nSPS) is 11.9. The third kappa shape index (κ3) is 3.90. The van der Waals surface area contributed by atoms with E-state index < -0.39 is 0 Å². The molecule has 0 aliphatic heterocycles. The van der Waals surface area contributed by atoms with Gasteiger partial charge in [0.1, 0.15) is 0 Å². The Labute approximate surface area is 116 Å². The summed E-state index contributed by atoms with van der Waals surface area (Å²) in [6.45, 7) is 5.63. The Balaban J connectivity index is 2.99. The molecule has 0 aliphatic carbocycles. The van der Waals surface area contributed by atoms with Crippen LogP contribution >= 0.6 is 27.5 Å². The number of nitriles is 1. The number of anilines is 1. The first-order chi connectivity index (χ1) is 8.12. The van der Waals surface area contributed by atoms with Crippen LogP contribution in [0.4, 0.5) is 5.69 Å². The lowest BCUT2D eigenvalue weighted by atomic mass is 10.1. The molecule has 0 aromatic heterocycles. The highest BCUT2D eigenvalue weighted by Crippen LogP contribution is 2.26. The van der Waals surface area contributed by atoms with Gasteiger partial charge in [-0.3, -0.25) is 0 Å². The minimum Gasteiger partial charge on any atom is -0.370 e. The molecule has 0 radical (unpaired) electrons. The summed E-state index contributed by atoms with van der Waals surface area (Å²) in [5.41, 5.74) is 2.21. The SMILES string of the molecule is CCN(CC(C)C#N)c1ccc(Br)cc1CCl. The summed E-state index contributed by atoms with van der Waals surface area (Å²) in [6, 6.07) is 8.35. The topological polar surface area (TPSA) is 27.0 Å². The first-order valence-electron chi connectivity index (χ1n) is 5.61. The fourth-order valence-corrected chi connectivity index (χ4v) is 2.36. The average molecular weight is 316 g/mol. The van der Waals surface area contributed by atoms with E-state index in [0.717, 1.165) is 28.8 Å². The van der Waals surface area contributed by atoms with Crippen LogP contribution in [0.15, 0.2) is 22.7 Å². The number of nitrogens with zero attached hydrogens (tertiary/aromatic N) is 2. The minimum atomic E-state index is 0.0155. The van der Waals surface area contributed by atoms with Crippen molar-refractivity contribution >= 4 is 33.2 Å². The number of alkyl halides is 1. The van der Waals surface area contributed by atoms with Crippen LogP contribution in [0.3, 0.4) is 0 Å². The Hall–Kier alpha value is -0.720. The van der Waals surface area contributed by atoms with Crippen molar-refractivity contribution in [2.24, 2.45) is 5.92 Å². The Bertz CT molecular complexity index is 414. The van der Waals surface area contributed by atoms with Gasteiger partial charge >= 0.3 is 0 Å². The molecule has 1 atom stereocenters. The molecule has 0 N–H and O–H groups in total. The largest absolute Gasteiger partial charge is 0.370 e. The highest BCUT2D eigenvalue weighted by molar-refractivity contribution is 9.10. The van der Waals surface area contributed by atoms with E-state index in [0.29, 0.717) is 5.88 Å². The van der Waals surface area contributed by atoms with E-state index in [2.05, 4.69) is 39.9 Å². The number of hydrogen-bond acceptors (Lipinski definition) is 2. The molecule has 0 aliphatic rings. The molecule has 2 nitrogen and oxygen atoms in total. The van der Waals surface area contributed by atoms with Gasteiger partial charge in [0.15, 0.2) is 0 Å². The molecule has 1 unspecified atom stereocenters. The van der Waals surface area contributed by atoms with Gasteiger partial charge in [0.25, 0.3) is 0 Å². The smallest absolute Gasteiger partial charge is 0.0671 e. The van der Waals surface area contributed by atoms with Crippen LogP contribution in [0.1, 0.15) is 19.4 Å². The Morgan fingerprint density at radius 1 is 1.53 bits per heavy atom. The summed E-state index contributed by atoms with van der Waals surface area (Å²) in [7, 11) is 0. The van der Waals surface area contributed by atoms with Crippen molar-refractivity contribution in [1.82, 2.24) is 0 Å². The molecule has 1 rings (SSSR count). The average Bonchev–Trinajstić information content (AvgIpc) is 2.35. The fourth-order valence-electron chi connectivity index (χ4n) is 1.74. The molecule has 0 bridgehead atoms. The molecular weight excluding hydrogens is 300 g/mol. The lowest BCUT2D eigenvalue weighted by Crippen LogP contribution is -2.28. The lowest BCUT2D eigenvalue weighted by molar-refractivity contribution is 0.684. The van der Waals surface area contributed by atoms with Crippen molar-refractivity contribution in [2.45, 2.75) is 19.7 Å². The zero-order valence-corrected chi connectivity index (χ0v) is 12.4. The maximum Gasteiger partial charge on any atom is 0.0671 e. The van der Waals surface area contributed by atoms with Crippen molar-refractivity contribution in [3.8, 4) is 6.07 Å². The summed E-state index contributed by atoms with van der Waals surface area (Å²) in [5.74, 6) is 0.494. The van der Waals surface area contributed by atoms with Crippen molar-refractivity contribution < 1.29 is 0 Å². The van der Waals surface area contributed by atoms with E-state index in [1.807, 2.05) is 19.1 Å². The quantitative estimate of drug-likeness (QED) is 0.762. The fraction of sp³-hybridized carbons (Fsp3) is 0.462. The van der Waals surface area contributed by atoms with Gasteiger partial charge in [-0.05, 0) is 37.6 Å². The Kier molecular flexibility index (Phi) is 5.80. The van der Waals surface area contributed by atoms with Crippen LogP contribution in [0.25, 0.3) is 0 Å². The van der Waals surface area contributed by atoms with E-state index in [1.165, 1.54) is 0 Å². The number of benzene rings is 1. The summed E-state index contributed by atoms with van der Waals surface area (Å²) >= 11 is 9.41. The second kappa shape index (κ2) is 6.88. The van der Waals surface area contributed by atoms with Crippen molar-refractivity contribution in [3.63, 3.8) is 0 Å². The number of rotatable bonds is 5. The standard InChI is InChI=1S/C13H16BrClN2/c1-3-17(9-10(2)8-16)13-5-4-12(14)6-11(13)7-15/h4-6,10H,3,7,9H2,1-2H3. The molecule has 17 heavy (non-hydrogen) atoms. The van der Waals surface area contributed by atoms with Crippen molar-refractivity contribution in [1.29, 1.82) is 5.26 Å². The Morgan fingerprint density at radius 3 is 2.76 bits per heavy atom. The van der Waals surface area contributed by atoms with Gasteiger partial charge in [-0.25, -0.2) is 0 Å². The second-order valence-corrected chi connectivity index (χ2v) is 5.16. The molecular formula is C13H16BrClN2. The van der Waals surface area contributed by atoms with E-state index in [1.54, 1.807) is 0 Å². The second-order valence-electron chi connectivity index (χ2n) is 3.98. The molecule has 0 heterocycles. The maximum absolute atomic E-state index is 8.89. The molecule has 4 heteroatoms. The highest BCUT2D eigenvalue weighted by atomic mass is 79.9. The first-order valence-corrected chi connectivity index (χ1v) is 6.94. The summed E-state index contributed by atoms with van der Waals surface area (Å²) in [4.78, 5) is 2.19. The van der Waals surface area contributed by atoms with Gasteiger partial charge in [-0.1, -0.05) is 15.9 Å². The van der Waals surface area contributed by atoms with Gasteiger partial charge in [0.05, 0.1) is 12.0 Å². The van der Waals surface area contributed by atoms with Crippen LogP contribution in [0.2, 0.25) is 0 Å². The minimum absolute atomic E-state index is 0.0155. The molecule has 1 aromatic carbocycles. The summed E-state index contributed by atoms with van der Waals surface area (Å²) in [6.07, 6.45) is 0. The van der Waals surface area contributed by atoms with Crippen LogP contribution in [0, 0.1) is 17.2 Å². The maximum atomic E-state index is 8.89. The molecule has 0 spiro atoms. The predicted molar refractivity (Wildman–Crippen MR) is 76.4 cm³/mol. The third-order valence-electron chi connectivity index (χ3n) is 2.62. The van der Waals surface area contributed by atoms with E-state index in [-0.39, 0.29) is 5.92 Å². The van der Waals surface area contributed by atoms with Crippen molar-refractivity contribution in [3.05, 3.63) is 28.2 Å². The molecule has 0 amide bonds. The molecule has 1 aromatic rings. The number of halogens is 2. The van der Waals surface area contributed by atoms with Crippen LogP contribution in [-0.4, -0.2) is 13.1 Å². The van der Waals surface area contributed by atoms with E-state index >= 15 is 0 Å². The summed E-state index contributed by atoms with van der Waals surface area (Å²) in [5, 5.41) is 8.89. The van der Waals surface area contributed by atoms with Crippen molar-refractivity contribution in [2.75, 3.05) is 18.0 Å². The van der Waals surface area contributed by atoms with Crippen LogP contribution in [-0.2, 0) is 5.88 Å². The molecule has 0 fully saturated rings. The van der Waals surface area contributed by atoms with E-state index in [9.17, 15) is 0 Å². The van der Waals surface area contributed by atoms with Gasteiger partial charge in [0.2, 0.25) is 0 Å². The predicted octanol–water partition coefficient (Wildman–Crippen LogP) is 4.17. The van der Waals surface area contributed by atoms with E-state index in [4.69, 9.17) is 16.9 Å². The highest BCUT2D eigenvalue weighted by Gasteiger charge is 2.12. The lowest BCUT2D eigenvalue weighted by Gasteiger charge is -2.26.